The number of hydrogen-bond donors (Lipinski definition) is 2. The van der Waals surface area contributed by atoms with E-state index in [0.717, 1.165) is 18.4 Å². The lowest BCUT2D eigenvalue weighted by atomic mass is 10.0. The number of carboxylic acids is 1. The Morgan fingerprint density at radius 2 is 1.84 bits per heavy atom. The van der Waals surface area contributed by atoms with Crippen molar-refractivity contribution in [2.24, 2.45) is 0 Å². The van der Waals surface area contributed by atoms with Crippen molar-refractivity contribution in [3.05, 3.63) is 80.7 Å². The van der Waals surface area contributed by atoms with Crippen LogP contribution < -0.4 is 11.2 Å². The van der Waals surface area contributed by atoms with Crippen LogP contribution in [0.15, 0.2) is 51.7 Å². The molecule has 0 atom stereocenters. The number of ketones is 1. The lowest BCUT2D eigenvalue weighted by molar-refractivity contribution is 0.0664. The summed E-state index contributed by atoms with van der Waals surface area (Å²) < 4.78 is 5.38. The Labute approximate surface area is 180 Å². The monoisotopic (exact) mass is 419 g/mol. The predicted molar refractivity (Wildman–Crippen MR) is 122 cm³/mol. The van der Waals surface area contributed by atoms with E-state index in [1.54, 1.807) is 19.1 Å². The maximum atomic E-state index is 12.9. The van der Waals surface area contributed by atoms with Crippen molar-refractivity contribution in [2.75, 3.05) is 5.73 Å². The highest BCUT2D eigenvalue weighted by atomic mass is 16.4. The highest BCUT2D eigenvalue weighted by Crippen LogP contribution is 2.24. The first-order valence-corrected chi connectivity index (χ1v) is 10.2. The van der Waals surface area contributed by atoms with Crippen LogP contribution in [0.2, 0.25) is 0 Å². The van der Waals surface area contributed by atoms with Crippen molar-refractivity contribution < 1.29 is 19.1 Å². The normalized spacial score (nSPS) is 11.3. The molecule has 0 aliphatic rings. The van der Waals surface area contributed by atoms with Crippen molar-refractivity contribution in [2.45, 2.75) is 39.5 Å². The van der Waals surface area contributed by atoms with Crippen LogP contribution in [0.25, 0.3) is 17.0 Å². The molecule has 3 rings (SSSR count). The molecule has 0 amide bonds. The molecule has 0 fully saturated rings. The van der Waals surface area contributed by atoms with Crippen LogP contribution in [0.4, 0.5) is 5.69 Å². The Morgan fingerprint density at radius 1 is 1.13 bits per heavy atom. The minimum Gasteiger partial charge on any atom is -0.475 e. The fourth-order valence-corrected chi connectivity index (χ4v) is 3.44. The number of aryl methyl sites for hydroxylation is 2. The molecule has 3 N–H and O–H groups in total. The minimum atomic E-state index is -1.47. The standard InChI is InChI=1S/C25H25NO5/c1-3-4-5-6-16-7-9-17(10-8-16)11-12-20(27)18-13-15(2)14-19-22(28)21(26)24(25(29)30)31-23(18)19/h7-14H,3-6,26H2,1-2H3,(H,29,30). The number of nitrogen functional groups attached to an aromatic ring is 1. The second-order valence-electron chi connectivity index (χ2n) is 7.56. The van der Waals surface area contributed by atoms with Crippen LogP contribution in [-0.4, -0.2) is 16.9 Å². The highest BCUT2D eigenvalue weighted by Gasteiger charge is 2.21. The first-order chi connectivity index (χ1) is 14.8. The number of aromatic carboxylic acids is 1. The van der Waals surface area contributed by atoms with E-state index in [1.807, 2.05) is 24.3 Å². The third-order valence-electron chi connectivity index (χ3n) is 5.11. The van der Waals surface area contributed by atoms with Crippen molar-refractivity contribution in [1.82, 2.24) is 0 Å². The summed E-state index contributed by atoms with van der Waals surface area (Å²) in [7, 11) is 0. The summed E-state index contributed by atoms with van der Waals surface area (Å²) in [5.41, 5.74) is 7.28. The highest BCUT2D eigenvalue weighted by molar-refractivity contribution is 6.14. The summed E-state index contributed by atoms with van der Waals surface area (Å²) in [5, 5.41) is 9.34. The molecule has 2 aromatic carbocycles. The molecule has 0 aliphatic carbocycles. The molecule has 0 saturated heterocycles. The van der Waals surface area contributed by atoms with E-state index in [1.165, 1.54) is 30.5 Å². The summed E-state index contributed by atoms with van der Waals surface area (Å²) in [6.45, 7) is 3.91. The van der Waals surface area contributed by atoms with E-state index in [2.05, 4.69) is 6.92 Å². The Balaban J connectivity index is 1.93. The quantitative estimate of drug-likeness (QED) is 0.302. The van der Waals surface area contributed by atoms with Gasteiger partial charge in [0.05, 0.1) is 10.9 Å². The van der Waals surface area contributed by atoms with Gasteiger partial charge in [-0.2, -0.15) is 0 Å². The second kappa shape index (κ2) is 9.43. The molecule has 6 heteroatoms. The van der Waals surface area contributed by atoms with Gasteiger partial charge in [0, 0.05) is 0 Å². The lowest BCUT2D eigenvalue weighted by Crippen LogP contribution is -2.16. The van der Waals surface area contributed by atoms with Gasteiger partial charge in [0.1, 0.15) is 11.3 Å². The molecule has 0 saturated carbocycles. The van der Waals surface area contributed by atoms with Gasteiger partial charge in [-0.3, -0.25) is 9.59 Å². The molecule has 6 nitrogen and oxygen atoms in total. The number of benzene rings is 2. The first kappa shape index (κ1) is 22.0. The number of hydrogen-bond acceptors (Lipinski definition) is 5. The number of fused-ring (bicyclic) bond motifs is 1. The van der Waals surface area contributed by atoms with Gasteiger partial charge in [-0.05, 0) is 54.7 Å². The van der Waals surface area contributed by atoms with Gasteiger partial charge in [0.25, 0.3) is 0 Å². The van der Waals surface area contributed by atoms with Gasteiger partial charge in [-0.1, -0.05) is 50.1 Å². The van der Waals surface area contributed by atoms with E-state index >= 15 is 0 Å². The number of carboxylic acid groups (broad SMARTS) is 1. The number of carbonyl (C=O) groups is 2. The second-order valence-corrected chi connectivity index (χ2v) is 7.56. The maximum absolute atomic E-state index is 12.9. The lowest BCUT2D eigenvalue weighted by Gasteiger charge is -2.08. The zero-order chi connectivity index (χ0) is 22.5. The van der Waals surface area contributed by atoms with Gasteiger partial charge < -0.3 is 15.3 Å². The average Bonchev–Trinajstić information content (AvgIpc) is 2.75. The SMILES string of the molecule is CCCCCc1ccc(C=CC(=O)c2cc(C)cc3c(=O)c(N)c(C(=O)O)oc23)cc1. The van der Waals surface area contributed by atoms with Gasteiger partial charge >= 0.3 is 5.97 Å². The van der Waals surface area contributed by atoms with E-state index < -0.39 is 28.6 Å². The van der Waals surface area contributed by atoms with Crippen LogP contribution in [-0.2, 0) is 6.42 Å². The third kappa shape index (κ3) is 4.91. The topological polar surface area (TPSA) is 111 Å². The molecule has 160 valence electrons. The molecule has 0 bridgehead atoms. The number of carbonyl (C=O) groups excluding carboxylic acids is 1. The van der Waals surface area contributed by atoms with Crippen LogP contribution in [0.3, 0.4) is 0 Å². The van der Waals surface area contributed by atoms with Crippen LogP contribution in [0.1, 0.15) is 63.8 Å². The van der Waals surface area contributed by atoms with E-state index in [4.69, 9.17) is 10.2 Å². The zero-order valence-corrected chi connectivity index (χ0v) is 17.6. The Bertz CT molecular complexity index is 1220. The van der Waals surface area contributed by atoms with Gasteiger partial charge in [-0.25, -0.2) is 4.79 Å². The van der Waals surface area contributed by atoms with Crippen molar-refractivity contribution in [3.8, 4) is 0 Å². The molecule has 0 aliphatic heterocycles. The molecule has 3 aromatic rings. The first-order valence-electron chi connectivity index (χ1n) is 10.2. The molecule has 31 heavy (non-hydrogen) atoms. The van der Waals surface area contributed by atoms with Gasteiger partial charge in [-0.15, -0.1) is 0 Å². The van der Waals surface area contributed by atoms with Gasteiger partial charge in [0.2, 0.25) is 11.2 Å². The van der Waals surface area contributed by atoms with Gasteiger partial charge in [0.15, 0.2) is 5.78 Å². The molecule has 1 heterocycles. The van der Waals surface area contributed by atoms with Crippen molar-refractivity contribution >= 4 is 34.5 Å². The number of rotatable bonds is 8. The van der Waals surface area contributed by atoms with Crippen molar-refractivity contribution in [1.29, 1.82) is 0 Å². The van der Waals surface area contributed by atoms with E-state index in [9.17, 15) is 19.5 Å². The maximum Gasteiger partial charge on any atom is 0.374 e. The molecular formula is C25H25NO5. The number of anilines is 1. The van der Waals surface area contributed by atoms with E-state index in [-0.39, 0.29) is 16.5 Å². The molecule has 1 aromatic heterocycles. The van der Waals surface area contributed by atoms with E-state index in [0.29, 0.717) is 5.56 Å². The summed E-state index contributed by atoms with van der Waals surface area (Å²) in [6.07, 6.45) is 7.62. The summed E-state index contributed by atoms with van der Waals surface area (Å²) in [4.78, 5) is 36.8. The number of nitrogens with two attached hydrogens (primary N) is 1. The fourth-order valence-electron chi connectivity index (χ4n) is 3.44. The Hall–Kier alpha value is -3.67. The largest absolute Gasteiger partial charge is 0.475 e. The smallest absolute Gasteiger partial charge is 0.374 e. The number of unbranched alkanes of at least 4 members (excludes halogenated alkanes) is 2. The van der Waals surface area contributed by atoms with Crippen LogP contribution >= 0.6 is 0 Å². The van der Waals surface area contributed by atoms with Crippen LogP contribution in [0, 0.1) is 6.92 Å². The minimum absolute atomic E-state index is 0.0793. The molecule has 0 unspecified atom stereocenters. The zero-order valence-electron chi connectivity index (χ0n) is 17.6. The molecule has 0 radical (unpaired) electrons. The Kier molecular flexibility index (Phi) is 6.70. The average molecular weight is 419 g/mol. The van der Waals surface area contributed by atoms with Crippen LogP contribution in [0.5, 0.6) is 0 Å². The summed E-state index contributed by atoms with van der Waals surface area (Å²) in [6, 6.07) is 11.1. The molecule has 0 spiro atoms. The molecular weight excluding hydrogens is 394 g/mol. The fraction of sp³-hybridized carbons (Fsp3) is 0.240. The Morgan fingerprint density at radius 3 is 2.48 bits per heavy atom. The summed E-state index contributed by atoms with van der Waals surface area (Å²) in [5.74, 6) is -2.53. The number of allylic oxidation sites excluding steroid dienone is 1. The third-order valence-corrected chi connectivity index (χ3v) is 5.11. The summed E-state index contributed by atoms with van der Waals surface area (Å²) >= 11 is 0. The van der Waals surface area contributed by atoms with Crippen molar-refractivity contribution in [3.63, 3.8) is 0 Å². The predicted octanol–water partition coefficient (Wildman–Crippen LogP) is 5.01.